The Bertz CT molecular complexity index is 280. The molecule has 0 radical (unpaired) electrons. The topological polar surface area (TPSA) is 12.5 Å². The van der Waals surface area contributed by atoms with Gasteiger partial charge in [-0.3, -0.25) is 4.90 Å². The average molecular weight is 205 g/mol. The summed E-state index contributed by atoms with van der Waals surface area (Å²) >= 11 is 0. The van der Waals surface area contributed by atoms with Gasteiger partial charge in [0, 0.05) is 25.8 Å². The maximum absolute atomic E-state index is 5.37. The van der Waals surface area contributed by atoms with Crippen molar-refractivity contribution in [3.63, 3.8) is 0 Å². The lowest BCUT2D eigenvalue weighted by Crippen LogP contribution is -2.36. The van der Waals surface area contributed by atoms with Crippen molar-refractivity contribution >= 4 is 0 Å². The quantitative estimate of drug-likeness (QED) is 0.750. The second-order valence-electron chi connectivity index (χ2n) is 4.24. The third-order valence-electron chi connectivity index (χ3n) is 3.09. The second kappa shape index (κ2) is 5.29. The predicted octanol–water partition coefficient (Wildman–Crippen LogP) is 2.30. The van der Waals surface area contributed by atoms with Gasteiger partial charge < -0.3 is 4.74 Å². The summed E-state index contributed by atoms with van der Waals surface area (Å²) in [4.78, 5) is 2.44. The van der Waals surface area contributed by atoms with Crippen molar-refractivity contribution in [3.8, 4) is 0 Å². The lowest BCUT2D eigenvalue weighted by Gasteiger charge is -2.31. The Hall–Kier alpha value is -0.860. The summed E-state index contributed by atoms with van der Waals surface area (Å²) in [6, 6.07) is 11.4. The third kappa shape index (κ3) is 3.05. The van der Waals surface area contributed by atoms with Crippen molar-refractivity contribution in [3.05, 3.63) is 35.9 Å². The van der Waals surface area contributed by atoms with Crippen molar-refractivity contribution in [1.82, 2.24) is 4.90 Å². The van der Waals surface area contributed by atoms with Gasteiger partial charge in [-0.1, -0.05) is 30.3 Å². The van der Waals surface area contributed by atoms with Crippen molar-refractivity contribution in [2.45, 2.75) is 25.4 Å². The molecule has 0 amide bonds. The molecule has 0 unspecified atom stereocenters. The summed E-state index contributed by atoms with van der Waals surface area (Å²) in [6.07, 6.45) is 2.34. The van der Waals surface area contributed by atoms with E-state index in [4.69, 9.17) is 4.74 Å². The minimum Gasteiger partial charge on any atom is -0.381 e. The first-order chi connectivity index (χ1) is 7.36. The molecule has 2 heteroatoms. The number of hydrogen-bond donors (Lipinski definition) is 0. The molecule has 15 heavy (non-hydrogen) atoms. The van der Waals surface area contributed by atoms with Crippen molar-refractivity contribution in [2.24, 2.45) is 0 Å². The zero-order chi connectivity index (χ0) is 10.5. The van der Waals surface area contributed by atoms with E-state index in [1.165, 1.54) is 18.4 Å². The van der Waals surface area contributed by atoms with Crippen molar-refractivity contribution < 1.29 is 4.74 Å². The van der Waals surface area contributed by atoms with Crippen LogP contribution in [-0.2, 0) is 11.3 Å². The summed E-state index contributed by atoms with van der Waals surface area (Å²) in [7, 11) is 2.21. The molecule has 1 aliphatic rings. The first-order valence-corrected chi connectivity index (χ1v) is 5.68. The fourth-order valence-corrected chi connectivity index (χ4v) is 2.13. The molecule has 0 atom stereocenters. The van der Waals surface area contributed by atoms with Crippen molar-refractivity contribution in [2.75, 3.05) is 20.3 Å². The predicted molar refractivity (Wildman–Crippen MR) is 61.8 cm³/mol. The molecule has 1 heterocycles. The van der Waals surface area contributed by atoms with Crippen LogP contribution < -0.4 is 0 Å². The third-order valence-corrected chi connectivity index (χ3v) is 3.09. The molecule has 1 saturated heterocycles. The van der Waals surface area contributed by atoms with Gasteiger partial charge in [0.1, 0.15) is 0 Å². The lowest BCUT2D eigenvalue weighted by molar-refractivity contribution is 0.0407. The van der Waals surface area contributed by atoms with Crippen LogP contribution in [0.5, 0.6) is 0 Å². The first kappa shape index (κ1) is 10.7. The van der Waals surface area contributed by atoms with Gasteiger partial charge in [0.05, 0.1) is 0 Å². The molecule has 2 rings (SSSR count). The zero-order valence-corrected chi connectivity index (χ0v) is 9.36. The van der Waals surface area contributed by atoms with E-state index in [0.29, 0.717) is 6.04 Å². The van der Waals surface area contributed by atoms with Gasteiger partial charge in [-0.05, 0) is 25.5 Å². The van der Waals surface area contributed by atoms with Gasteiger partial charge >= 0.3 is 0 Å². The van der Waals surface area contributed by atoms with E-state index in [1.807, 2.05) is 0 Å². The van der Waals surface area contributed by atoms with Gasteiger partial charge in [-0.25, -0.2) is 0 Å². The van der Waals surface area contributed by atoms with Crippen LogP contribution in [0, 0.1) is 0 Å². The van der Waals surface area contributed by atoms with Gasteiger partial charge in [-0.2, -0.15) is 0 Å². The molecular formula is C13H19NO. The fourth-order valence-electron chi connectivity index (χ4n) is 2.13. The maximum Gasteiger partial charge on any atom is 0.0480 e. The molecule has 1 fully saturated rings. The lowest BCUT2D eigenvalue weighted by atomic mass is 10.1. The van der Waals surface area contributed by atoms with Gasteiger partial charge in [0.25, 0.3) is 0 Å². The van der Waals surface area contributed by atoms with Gasteiger partial charge in [0.15, 0.2) is 0 Å². The Labute approximate surface area is 91.9 Å². The van der Waals surface area contributed by atoms with E-state index in [1.54, 1.807) is 0 Å². The van der Waals surface area contributed by atoms with Crippen LogP contribution in [0.4, 0.5) is 0 Å². The molecule has 0 saturated carbocycles. The van der Waals surface area contributed by atoms with E-state index in [9.17, 15) is 0 Å². The highest BCUT2D eigenvalue weighted by Gasteiger charge is 2.17. The number of ether oxygens (including phenoxy) is 1. The summed E-state index contributed by atoms with van der Waals surface area (Å²) < 4.78 is 5.37. The van der Waals surface area contributed by atoms with E-state index in [2.05, 4.69) is 42.3 Å². The fraction of sp³-hybridized carbons (Fsp3) is 0.538. The molecule has 0 spiro atoms. The van der Waals surface area contributed by atoms with Crippen LogP contribution in [0.15, 0.2) is 30.3 Å². The Morgan fingerprint density at radius 2 is 1.87 bits per heavy atom. The largest absolute Gasteiger partial charge is 0.381 e. The number of hydrogen-bond acceptors (Lipinski definition) is 2. The Balaban J connectivity index is 1.88. The average Bonchev–Trinajstić information content (AvgIpc) is 2.31. The van der Waals surface area contributed by atoms with E-state index >= 15 is 0 Å². The standard InChI is InChI=1S/C13H19NO/c1-14(13-7-9-15-10-8-13)11-12-5-3-2-4-6-12/h2-6,13H,7-11H2,1H3. The molecule has 0 N–H and O–H groups in total. The summed E-state index contributed by atoms with van der Waals surface area (Å²) in [5, 5.41) is 0. The molecule has 82 valence electrons. The molecular weight excluding hydrogens is 186 g/mol. The van der Waals surface area contributed by atoms with Crippen molar-refractivity contribution in [1.29, 1.82) is 0 Å². The van der Waals surface area contributed by atoms with Crippen LogP contribution in [0.2, 0.25) is 0 Å². The number of nitrogens with zero attached hydrogens (tertiary/aromatic N) is 1. The minimum atomic E-state index is 0.693. The zero-order valence-electron chi connectivity index (χ0n) is 9.36. The number of benzene rings is 1. The summed E-state index contributed by atoms with van der Waals surface area (Å²) in [5.74, 6) is 0. The highest BCUT2D eigenvalue weighted by molar-refractivity contribution is 5.14. The molecule has 1 aromatic carbocycles. The first-order valence-electron chi connectivity index (χ1n) is 5.68. The van der Waals surface area contributed by atoms with Crippen LogP contribution in [-0.4, -0.2) is 31.2 Å². The Kier molecular flexibility index (Phi) is 3.75. The highest BCUT2D eigenvalue weighted by atomic mass is 16.5. The Morgan fingerprint density at radius 3 is 2.53 bits per heavy atom. The molecule has 0 bridgehead atoms. The normalized spacial score (nSPS) is 18.3. The monoisotopic (exact) mass is 205 g/mol. The van der Waals surface area contributed by atoms with Gasteiger partial charge in [-0.15, -0.1) is 0 Å². The molecule has 1 aliphatic heterocycles. The maximum atomic E-state index is 5.37. The van der Waals surface area contributed by atoms with Crippen LogP contribution in [0.1, 0.15) is 18.4 Å². The molecule has 2 nitrogen and oxygen atoms in total. The summed E-state index contributed by atoms with van der Waals surface area (Å²) in [5.41, 5.74) is 1.39. The molecule has 0 aliphatic carbocycles. The SMILES string of the molecule is CN(Cc1ccccc1)C1CCOCC1. The van der Waals surface area contributed by atoms with Crippen LogP contribution in [0.25, 0.3) is 0 Å². The number of rotatable bonds is 3. The van der Waals surface area contributed by atoms with Gasteiger partial charge in [0.2, 0.25) is 0 Å². The van der Waals surface area contributed by atoms with E-state index in [-0.39, 0.29) is 0 Å². The molecule has 1 aromatic rings. The Morgan fingerprint density at radius 1 is 1.20 bits per heavy atom. The van der Waals surface area contributed by atoms with Crippen LogP contribution >= 0.6 is 0 Å². The minimum absolute atomic E-state index is 0.693. The smallest absolute Gasteiger partial charge is 0.0480 e. The van der Waals surface area contributed by atoms with Crippen LogP contribution in [0.3, 0.4) is 0 Å². The summed E-state index contributed by atoms with van der Waals surface area (Å²) in [6.45, 7) is 2.89. The highest BCUT2D eigenvalue weighted by Crippen LogP contribution is 2.15. The van der Waals surface area contributed by atoms with E-state index < -0.39 is 0 Å². The second-order valence-corrected chi connectivity index (χ2v) is 4.24. The molecule has 0 aromatic heterocycles. The van der Waals surface area contributed by atoms with E-state index in [0.717, 1.165) is 19.8 Å².